The minimum atomic E-state index is 0.0511. The highest BCUT2D eigenvalue weighted by molar-refractivity contribution is 7.99. The van der Waals surface area contributed by atoms with Crippen LogP contribution in [0, 0.1) is 0 Å². The molecule has 0 spiro atoms. The smallest absolute Gasteiger partial charge is 0.238 e. The number of nitrogens with zero attached hydrogens (tertiary/aromatic N) is 2. The van der Waals surface area contributed by atoms with Gasteiger partial charge in [-0.15, -0.1) is 0 Å². The monoisotopic (exact) mass is 466 g/mol. The van der Waals surface area contributed by atoms with Crippen LogP contribution < -0.4 is 10.6 Å². The Morgan fingerprint density at radius 1 is 0.606 bits per heavy atom. The quantitative estimate of drug-likeness (QED) is 0.591. The lowest BCUT2D eigenvalue weighted by Crippen LogP contribution is -2.36. The van der Waals surface area contributed by atoms with Gasteiger partial charge < -0.3 is 10.6 Å². The van der Waals surface area contributed by atoms with E-state index in [1.165, 1.54) is 38.5 Å². The molecular formula is C26H34N4O2S. The lowest BCUT2D eigenvalue weighted by molar-refractivity contribution is -0.118. The van der Waals surface area contributed by atoms with E-state index in [1.807, 2.05) is 48.5 Å². The second-order valence-electron chi connectivity index (χ2n) is 8.92. The van der Waals surface area contributed by atoms with Crippen LogP contribution in [0.4, 0.5) is 11.4 Å². The Morgan fingerprint density at radius 2 is 0.970 bits per heavy atom. The SMILES string of the molecule is O=C(CN1CCCCC1)Nc1ccc(Sc2ccc(NC(=O)CN3CCCCC3)cc2)cc1. The minimum Gasteiger partial charge on any atom is -0.325 e. The van der Waals surface area contributed by atoms with Crippen molar-refractivity contribution in [2.45, 2.75) is 48.3 Å². The van der Waals surface area contributed by atoms with Gasteiger partial charge in [-0.25, -0.2) is 0 Å². The number of carbonyl (C=O) groups excluding carboxylic acids is 2. The summed E-state index contributed by atoms with van der Waals surface area (Å²) in [7, 11) is 0. The number of piperidine rings is 2. The third-order valence-corrected chi connectivity index (χ3v) is 7.16. The molecule has 0 bridgehead atoms. The van der Waals surface area contributed by atoms with Crippen LogP contribution in [-0.2, 0) is 9.59 Å². The molecule has 2 aromatic rings. The summed E-state index contributed by atoms with van der Waals surface area (Å²) >= 11 is 1.66. The molecule has 2 aromatic carbocycles. The van der Waals surface area contributed by atoms with Gasteiger partial charge in [0.25, 0.3) is 0 Å². The Morgan fingerprint density at radius 3 is 1.33 bits per heavy atom. The summed E-state index contributed by atoms with van der Waals surface area (Å²) < 4.78 is 0. The molecule has 6 nitrogen and oxygen atoms in total. The lowest BCUT2D eigenvalue weighted by Gasteiger charge is -2.25. The van der Waals surface area contributed by atoms with Crippen molar-refractivity contribution in [2.75, 3.05) is 49.9 Å². The van der Waals surface area contributed by atoms with Crippen molar-refractivity contribution in [1.29, 1.82) is 0 Å². The average Bonchev–Trinajstić information content (AvgIpc) is 2.83. The molecule has 0 aliphatic carbocycles. The molecule has 2 heterocycles. The van der Waals surface area contributed by atoms with E-state index in [0.717, 1.165) is 47.3 Å². The minimum absolute atomic E-state index is 0.0511. The zero-order valence-corrected chi connectivity index (χ0v) is 20.0. The van der Waals surface area contributed by atoms with Crippen molar-refractivity contribution in [3.05, 3.63) is 48.5 Å². The van der Waals surface area contributed by atoms with Gasteiger partial charge in [0.05, 0.1) is 13.1 Å². The van der Waals surface area contributed by atoms with Crippen molar-refractivity contribution in [2.24, 2.45) is 0 Å². The van der Waals surface area contributed by atoms with Gasteiger partial charge in [-0.05, 0) is 100 Å². The summed E-state index contributed by atoms with van der Waals surface area (Å²) in [6, 6.07) is 15.9. The molecule has 2 amide bonds. The molecular weight excluding hydrogens is 432 g/mol. The molecule has 2 fully saturated rings. The summed E-state index contributed by atoms with van der Waals surface area (Å²) in [5, 5.41) is 6.00. The van der Waals surface area contributed by atoms with E-state index in [4.69, 9.17) is 0 Å². The summed E-state index contributed by atoms with van der Waals surface area (Å²) in [5.41, 5.74) is 1.65. The Hall–Kier alpha value is -2.35. The highest BCUT2D eigenvalue weighted by atomic mass is 32.2. The third kappa shape index (κ3) is 7.88. The summed E-state index contributed by atoms with van der Waals surface area (Å²) in [5.74, 6) is 0.102. The number of benzene rings is 2. The van der Waals surface area contributed by atoms with Crippen molar-refractivity contribution < 1.29 is 9.59 Å². The topological polar surface area (TPSA) is 64.7 Å². The van der Waals surface area contributed by atoms with Crippen LogP contribution >= 0.6 is 11.8 Å². The molecule has 2 N–H and O–H groups in total. The van der Waals surface area contributed by atoms with Gasteiger partial charge in [0, 0.05) is 21.2 Å². The fraction of sp³-hybridized carbons (Fsp3) is 0.462. The van der Waals surface area contributed by atoms with Crippen LogP contribution in [0.5, 0.6) is 0 Å². The first-order valence-corrected chi connectivity index (χ1v) is 12.9. The van der Waals surface area contributed by atoms with Crippen LogP contribution in [0.3, 0.4) is 0 Å². The fourth-order valence-electron chi connectivity index (χ4n) is 4.39. The van der Waals surface area contributed by atoms with Gasteiger partial charge in [-0.3, -0.25) is 19.4 Å². The zero-order valence-electron chi connectivity index (χ0n) is 19.2. The largest absolute Gasteiger partial charge is 0.325 e. The van der Waals surface area contributed by atoms with Crippen molar-refractivity contribution in [3.8, 4) is 0 Å². The second-order valence-corrected chi connectivity index (χ2v) is 10.1. The standard InChI is InChI=1S/C26H34N4O2S/c31-25(19-29-15-3-1-4-16-29)27-21-7-11-23(12-8-21)33-24-13-9-22(10-14-24)28-26(32)20-30-17-5-2-6-18-30/h7-14H,1-6,15-20H2,(H,27,31)(H,28,32). The molecule has 7 heteroatoms. The number of likely N-dealkylation sites (tertiary alicyclic amines) is 2. The summed E-state index contributed by atoms with van der Waals surface area (Å²) in [6.45, 7) is 5.01. The van der Waals surface area contributed by atoms with Crippen LogP contribution in [0.25, 0.3) is 0 Å². The first kappa shape index (κ1) is 23.8. The Kier molecular flexibility index (Phi) is 8.80. The number of hydrogen-bond donors (Lipinski definition) is 2. The van der Waals surface area contributed by atoms with Gasteiger partial charge >= 0.3 is 0 Å². The maximum atomic E-state index is 12.3. The predicted molar refractivity (Wildman–Crippen MR) is 135 cm³/mol. The highest BCUT2D eigenvalue weighted by Crippen LogP contribution is 2.29. The number of amides is 2. The molecule has 4 rings (SSSR count). The number of rotatable bonds is 8. The molecule has 0 atom stereocenters. The van der Waals surface area contributed by atoms with E-state index in [0.29, 0.717) is 13.1 Å². The molecule has 33 heavy (non-hydrogen) atoms. The third-order valence-electron chi connectivity index (χ3n) is 6.14. The van der Waals surface area contributed by atoms with Crippen molar-refractivity contribution >= 4 is 35.0 Å². The Balaban J connectivity index is 1.22. The Bertz CT molecular complexity index is 829. The molecule has 2 aliphatic heterocycles. The van der Waals surface area contributed by atoms with Gasteiger partial charge in [-0.1, -0.05) is 24.6 Å². The zero-order chi connectivity index (χ0) is 22.9. The van der Waals surface area contributed by atoms with Crippen molar-refractivity contribution in [1.82, 2.24) is 9.80 Å². The normalized spacial score (nSPS) is 17.5. The predicted octanol–water partition coefficient (Wildman–Crippen LogP) is 4.69. The first-order valence-electron chi connectivity index (χ1n) is 12.1. The van der Waals surface area contributed by atoms with Crippen LogP contribution in [0.1, 0.15) is 38.5 Å². The molecule has 2 aliphatic rings. The van der Waals surface area contributed by atoms with E-state index in [9.17, 15) is 9.59 Å². The summed E-state index contributed by atoms with van der Waals surface area (Å²) in [4.78, 5) is 31.2. The number of carbonyl (C=O) groups is 2. The van der Waals surface area contributed by atoms with E-state index in [2.05, 4.69) is 20.4 Å². The van der Waals surface area contributed by atoms with Crippen LogP contribution in [0.2, 0.25) is 0 Å². The van der Waals surface area contributed by atoms with E-state index >= 15 is 0 Å². The number of anilines is 2. The van der Waals surface area contributed by atoms with Gasteiger partial charge in [-0.2, -0.15) is 0 Å². The first-order chi connectivity index (χ1) is 16.1. The molecule has 0 unspecified atom stereocenters. The van der Waals surface area contributed by atoms with E-state index in [-0.39, 0.29) is 11.8 Å². The second kappa shape index (κ2) is 12.2. The maximum Gasteiger partial charge on any atom is 0.238 e. The average molecular weight is 467 g/mol. The fourth-order valence-corrected chi connectivity index (χ4v) is 5.21. The molecule has 0 radical (unpaired) electrons. The maximum absolute atomic E-state index is 12.3. The summed E-state index contributed by atoms with van der Waals surface area (Å²) in [6.07, 6.45) is 7.29. The van der Waals surface area contributed by atoms with E-state index in [1.54, 1.807) is 11.8 Å². The van der Waals surface area contributed by atoms with Crippen LogP contribution in [0.15, 0.2) is 58.3 Å². The molecule has 2 saturated heterocycles. The number of nitrogens with one attached hydrogen (secondary N) is 2. The molecule has 0 saturated carbocycles. The Labute approximate surface area is 201 Å². The van der Waals surface area contributed by atoms with Gasteiger partial charge in [0.15, 0.2) is 0 Å². The van der Waals surface area contributed by atoms with Gasteiger partial charge in [0.2, 0.25) is 11.8 Å². The molecule has 176 valence electrons. The van der Waals surface area contributed by atoms with Crippen molar-refractivity contribution in [3.63, 3.8) is 0 Å². The lowest BCUT2D eigenvalue weighted by atomic mass is 10.1. The molecule has 0 aromatic heterocycles. The highest BCUT2D eigenvalue weighted by Gasteiger charge is 2.15. The van der Waals surface area contributed by atoms with Gasteiger partial charge in [0.1, 0.15) is 0 Å². The van der Waals surface area contributed by atoms with Crippen LogP contribution in [-0.4, -0.2) is 60.9 Å². The van der Waals surface area contributed by atoms with E-state index < -0.39 is 0 Å². The number of hydrogen-bond acceptors (Lipinski definition) is 5.